The molecule has 0 unspecified atom stereocenters. The molecule has 0 aliphatic heterocycles. The maximum Gasteiger partial charge on any atom is 0.179 e. The molecule has 0 radical (unpaired) electrons. The van der Waals surface area contributed by atoms with Gasteiger partial charge in [-0.2, -0.15) is 0 Å². The summed E-state index contributed by atoms with van der Waals surface area (Å²) < 4.78 is 23.4. The summed E-state index contributed by atoms with van der Waals surface area (Å²) in [6.07, 6.45) is 0.617. The number of sulfone groups is 1. The van der Waals surface area contributed by atoms with Crippen molar-refractivity contribution in [2.24, 2.45) is 0 Å². The quantitative estimate of drug-likeness (QED) is 0.863. The molecule has 80 valence electrons. The predicted molar refractivity (Wildman–Crippen MR) is 57.3 cm³/mol. The van der Waals surface area contributed by atoms with Gasteiger partial charge in [0.05, 0.1) is 17.3 Å². The molecule has 0 aromatic carbocycles. The minimum Gasteiger partial charge on any atom is -0.391 e. The van der Waals surface area contributed by atoms with E-state index in [4.69, 9.17) is 5.11 Å². The van der Waals surface area contributed by atoms with Gasteiger partial charge in [0.1, 0.15) is 0 Å². The van der Waals surface area contributed by atoms with Crippen molar-refractivity contribution in [3.05, 3.63) is 15.8 Å². The maximum atomic E-state index is 11.7. The van der Waals surface area contributed by atoms with Gasteiger partial charge in [0.15, 0.2) is 9.84 Å². The zero-order valence-corrected chi connectivity index (χ0v) is 9.91. The van der Waals surface area contributed by atoms with Crippen molar-refractivity contribution in [1.29, 1.82) is 0 Å². The standard InChI is InChI=1S/C9H14O3S2/c1-3-4-14(11,12)9-6-13-8(5-10)7(9)2/h6,10H,3-5H2,1-2H3. The van der Waals surface area contributed by atoms with E-state index in [0.717, 1.165) is 4.88 Å². The Balaban J connectivity index is 3.14. The Morgan fingerprint density at radius 1 is 1.50 bits per heavy atom. The van der Waals surface area contributed by atoms with E-state index in [-0.39, 0.29) is 12.4 Å². The van der Waals surface area contributed by atoms with E-state index in [0.29, 0.717) is 16.9 Å². The van der Waals surface area contributed by atoms with Gasteiger partial charge in [0.2, 0.25) is 0 Å². The van der Waals surface area contributed by atoms with Crippen molar-refractivity contribution < 1.29 is 13.5 Å². The lowest BCUT2D eigenvalue weighted by atomic mass is 10.3. The third kappa shape index (κ3) is 2.16. The molecule has 1 aromatic heterocycles. The molecule has 0 saturated heterocycles. The Morgan fingerprint density at radius 2 is 2.14 bits per heavy atom. The van der Waals surface area contributed by atoms with Crippen LogP contribution in [-0.4, -0.2) is 19.3 Å². The lowest BCUT2D eigenvalue weighted by Crippen LogP contribution is -2.06. The highest BCUT2D eigenvalue weighted by Gasteiger charge is 2.19. The molecule has 0 aliphatic rings. The summed E-state index contributed by atoms with van der Waals surface area (Å²) in [5.41, 5.74) is 0.700. The summed E-state index contributed by atoms with van der Waals surface area (Å²) in [4.78, 5) is 1.12. The molecule has 14 heavy (non-hydrogen) atoms. The lowest BCUT2D eigenvalue weighted by molar-refractivity contribution is 0.284. The molecule has 0 bridgehead atoms. The van der Waals surface area contributed by atoms with Crippen LogP contribution < -0.4 is 0 Å². The number of aliphatic hydroxyl groups excluding tert-OH is 1. The molecular formula is C9H14O3S2. The second-order valence-corrected chi connectivity index (χ2v) is 6.17. The first-order chi connectivity index (χ1) is 6.53. The summed E-state index contributed by atoms with van der Waals surface area (Å²) in [7, 11) is -3.13. The fraction of sp³-hybridized carbons (Fsp3) is 0.556. The summed E-state index contributed by atoms with van der Waals surface area (Å²) in [5.74, 6) is 0.176. The summed E-state index contributed by atoms with van der Waals surface area (Å²) >= 11 is 1.30. The Bertz CT molecular complexity index is 404. The average molecular weight is 234 g/mol. The number of hydrogen-bond donors (Lipinski definition) is 1. The lowest BCUT2D eigenvalue weighted by Gasteiger charge is -2.01. The Hall–Kier alpha value is -0.390. The van der Waals surface area contributed by atoms with E-state index in [1.807, 2.05) is 6.92 Å². The Labute approximate surface area is 88.3 Å². The normalized spacial score (nSPS) is 11.9. The van der Waals surface area contributed by atoms with Gasteiger partial charge in [0.25, 0.3) is 0 Å². The zero-order chi connectivity index (χ0) is 10.8. The van der Waals surface area contributed by atoms with Crippen LogP contribution in [0.15, 0.2) is 10.3 Å². The highest BCUT2D eigenvalue weighted by atomic mass is 32.2. The van der Waals surface area contributed by atoms with Gasteiger partial charge in [-0.1, -0.05) is 6.92 Å². The van der Waals surface area contributed by atoms with Gasteiger partial charge in [0, 0.05) is 10.3 Å². The van der Waals surface area contributed by atoms with Crippen LogP contribution in [0.2, 0.25) is 0 Å². The highest BCUT2D eigenvalue weighted by Crippen LogP contribution is 2.26. The minimum atomic E-state index is -3.13. The first-order valence-corrected chi connectivity index (χ1v) is 6.96. The van der Waals surface area contributed by atoms with Gasteiger partial charge in [-0.25, -0.2) is 8.42 Å². The minimum absolute atomic E-state index is 0.0852. The number of rotatable bonds is 4. The summed E-state index contributed by atoms with van der Waals surface area (Å²) in [6, 6.07) is 0. The molecular weight excluding hydrogens is 220 g/mol. The maximum absolute atomic E-state index is 11.7. The second kappa shape index (κ2) is 4.42. The van der Waals surface area contributed by atoms with E-state index < -0.39 is 9.84 Å². The van der Waals surface area contributed by atoms with E-state index in [1.54, 1.807) is 12.3 Å². The van der Waals surface area contributed by atoms with Crippen LogP contribution in [0.5, 0.6) is 0 Å². The fourth-order valence-corrected chi connectivity index (χ4v) is 4.21. The van der Waals surface area contributed by atoms with Crippen LogP contribution in [0.25, 0.3) is 0 Å². The summed E-state index contributed by atoms with van der Waals surface area (Å²) in [5, 5.41) is 10.6. The van der Waals surface area contributed by atoms with Crippen molar-refractivity contribution in [1.82, 2.24) is 0 Å². The Morgan fingerprint density at radius 3 is 2.57 bits per heavy atom. The van der Waals surface area contributed by atoms with Gasteiger partial charge in [-0.15, -0.1) is 11.3 Å². The van der Waals surface area contributed by atoms with Crippen LogP contribution in [0, 0.1) is 6.92 Å². The van der Waals surface area contributed by atoms with Crippen molar-refractivity contribution in [2.45, 2.75) is 31.8 Å². The summed E-state index contributed by atoms with van der Waals surface area (Å²) in [6.45, 7) is 3.49. The van der Waals surface area contributed by atoms with Crippen LogP contribution >= 0.6 is 11.3 Å². The van der Waals surface area contributed by atoms with E-state index in [1.165, 1.54) is 11.3 Å². The van der Waals surface area contributed by atoms with Gasteiger partial charge >= 0.3 is 0 Å². The molecule has 3 nitrogen and oxygen atoms in total. The molecule has 0 atom stereocenters. The number of hydrogen-bond acceptors (Lipinski definition) is 4. The van der Waals surface area contributed by atoms with E-state index >= 15 is 0 Å². The number of aliphatic hydroxyl groups is 1. The molecule has 5 heteroatoms. The molecule has 0 amide bonds. The highest BCUT2D eigenvalue weighted by molar-refractivity contribution is 7.91. The van der Waals surface area contributed by atoms with Crippen LogP contribution in [0.4, 0.5) is 0 Å². The number of thiophene rings is 1. The molecule has 1 heterocycles. The zero-order valence-electron chi connectivity index (χ0n) is 8.28. The topological polar surface area (TPSA) is 54.4 Å². The second-order valence-electron chi connectivity index (χ2n) is 3.13. The van der Waals surface area contributed by atoms with Gasteiger partial charge in [-0.05, 0) is 18.9 Å². The molecule has 0 aliphatic carbocycles. The predicted octanol–water partition coefficient (Wildman–Crippen LogP) is 1.73. The van der Waals surface area contributed by atoms with Crippen molar-refractivity contribution in [3.63, 3.8) is 0 Å². The van der Waals surface area contributed by atoms with Crippen LogP contribution in [0.1, 0.15) is 23.8 Å². The first-order valence-electron chi connectivity index (χ1n) is 4.43. The largest absolute Gasteiger partial charge is 0.391 e. The third-order valence-corrected chi connectivity index (χ3v) is 5.31. The molecule has 0 fully saturated rings. The van der Waals surface area contributed by atoms with Crippen molar-refractivity contribution in [2.75, 3.05) is 5.75 Å². The first kappa shape index (κ1) is 11.7. The molecule has 1 aromatic rings. The van der Waals surface area contributed by atoms with Crippen molar-refractivity contribution >= 4 is 21.2 Å². The van der Waals surface area contributed by atoms with E-state index in [2.05, 4.69) is 0 Å². The van der Waals surface area contributed by atoms with Crippen molar-refractivity contribution in [3.8, 4) is 0 Å². The monoisotopic (exact) mass is 234 g/mol. The SMILES string of the molecule is CCCS(=O)(=O)c1csc(CO)c1C. The van der Waals surface area contributed by atoms with Gasteiger partial charge < -0.3 is 5.11 Å². The van der Waals surface area contributed by atoms with Crippen LogP contribution in [0.3, 0.4) is 0 Å². The Kier molecular flexibility index (Phi) is 3.69. The molecule has 1 rings (SSSR count). The third-order valence-electron chi connectivity index (χ3n) is 2.05. The molecule has 0 saturated carbocycles. The van der Waals surface area contributed by atoms with Crippen LogP contribution in [-0.2, 0) is 16.4 Å². The average Bonchev–Trinajstić information content (AvgIpc) is 2.47. The fourth-order valence-electron chi connectivity index (χ4n) is 1.28. The van der Waals surface area contributed by atoms with Gasteiger partial charge in [-0.3, -0.25) is 0 Å². The van der Waals surface area contributed by atoms with E-state index in [9.17, 15) is 8.42 Å². The smallest absolute Gasteiger partial charge is 0.179 e. The molecule has 0 spiro atoms. The molecule has 1 N–H and O–H groups in total.